The van der Waals surface area contributed by atoms with Gasteiger partial charge in [0.2, 0.25) is 0 Å². The lowest BCUT2D eigenvalue weighted by Gasteiger charge is -2.10. The third-order valence-electron chi connectivity index (χ3n) is 5.29. The zero-order chi connectivity index (χ0) is 21.2. The molecule has 0 spiro atoms. The van der Waals surface area contributed by atoms with Crippen LogP contribution in [0.1, 0.15) is 65.4 Å². The van der Waals surface area contributed by atoms with E-state index >= 15 is 0 Å². The predicted molar refractivity (Wildman–Crippen MR) is 116 cm³/mol. The largest absolute Gasteiger partial charge is 0.504 e. The van der Waals surface area contributed by atoms with Crippen LogP contribution >= 0.6 is 0 Å². The van der Waals surface area contributed by atoms with Crippen LogP contribution in [0.4, 0.5) is 0 Å². The molecular formula is C25H34O4. The highest BCUT2D eigenvalue weighted by Gasteiger charge is 2.26. The highest BCUT2D eigenvalue weighted by atomic mass is 16.6. The maximum absolute atomic E-state index is 11.4. The molecule has 2 heterocycles. The Morgan fingerprint density at radius 3 is 2.62 bits per heavy atom. The number of esters is 1. The number of aliphatic hydroxyl groups is 1. The monoisotopic (exact) mass is 398 g/mol. The number of cyclic esters (lactones) is 1. The van der Waals surface area contributed by atoms with E-state index in [0.29, 0.717) is 11.7 Å². The molecule has 0 saturated heterocycles. The highest BCUT2D eigenvalue weighted by Crippen LogP contribution is 2.26. The molecule has 0 fully saturated rings. The first-order chi connectivity index (χ1) is 13.9. The minimum atomic E-state index is -0.454. The van der Waals surface area contributed by atoms with Crippen LogP contribution in [0.15, 0.2) is 70.0 Å². The molecule has 29 heavy (non-hydrogen) atoms. The second-order valence-corrected chi connectivity index (χ2v) is 8.16. The van der Waals surface area contributed by atoms with Gasteiger partial charge in [-0.2, -0.15) is 0 Å². The van der Waals surface area contributed by atoms with Gasteiger partial charge in [0.05, 0.1) is 18.1 Å². The molecule has 1 N–H and O–H groups in total. The van der Waals surface area contributed by atoms with E-state index in [1.807, 2.05) is 18.4 Å². The van der Waals surface area contributed by atoms with E-state index in [1.165, 1.54) is 11.1 Å². The van der Waals surface area contributed by atoms with E-state index in [9.17, 15) is 9.90 Å². The van der Waals surface area contributed by atoms with Crippen LogP contribution in [0.2, 0.25) is 0 Å². The van der Waals surface area contributed by atoms with Gasteiger partial charge < -0.3 is 14.3 Å². The molecule has 1 aliphatic heterocycles. The Kier molecular flexibility index (Phi) is 9.04. The van der Waals surface area contributed by atoms with E-state index in [-0.39, 0.29) is 17.3 Å². The maximum Gasteiger partial charge on any atom is 0.343 e. The number of furan rings is 1. The van der Waals surface area contributed by atoms with Crippen molar-refractivity contribution in [2.45, 2.75) is 66.2 Å². The molecule has 0 bridgehead atoms. The maximum atomic E-state index is 11.4. The van der Waals surface area contributed by atoms with Gasteiger partial charge in [-0.15, -0.1) is 0 Å². The van der Waals surface area contributed by atoms with Crippen molar-refractivity contribution in [2.24, 2.45) is 11.8 Å². The standard InChI is InChI=1S/C25H34O4/c1-18(8-5-9-19(2)11-7-13-22-14-15-28-17-22)10-6-12-20(3)16-23-24(26)21(4)25(27)29-23/h5,8-9,14-18,20,26H,6-7,10-13H2,1-4H3/b8-5+,19-9+,23-16-/t18-,20+/m1/s1. The minimum absolute atomic E-state index is 0.0231. The van der Waals surface area contributed by atoms with Gasteiger partial charge in [0.15, 0.2) is 11.5 Å². The molecule has 0 amide bonds. The van der Waals surface area contributed by atoms with Crippen molar-refractivity contribution < 1.29 is 19.1 Å². The van der Waals surface area contributed by atoms with Gasteiger partial charge in [0.1, 0.15) is 0 Å². The molecule has 0 radical (unpaired) electrons. The van der Waals surface area contributed by atoms with E-state index in [4.69, 9.17) is 9.15 Å². The van der Waals surface area contributed by atoms with E-state index in [0.717, 1.165) is 38.5 Å². The van der Waals surface area contributed by atoms with Crippen molar-refractivity contribution >= 4 is 5.97 Å². The molecule has 0 aliphatic carbocycles. The second kappa shape index (κ2) is 11.5. The Balaban J connectivity index is 1.64. The SMILES string of the molecule is CC1=C(O)/C(=C/[C@@H](C)CCC[C@H](C)/C=C/C=C(\C)CCCc2ccoc2)OC1=O. The van der Waals surface area contributed by atoms with Gasteiger partial charge in [-0.05, 0) is 75.5 Å². The average molecular weight is 399 g/mol. The van der Waals surface area contributed by atoms with E-state index in [2.05, 4.69) is 39.0 Å². The average Bonchev–Trinajstić information content (AvgIpc) is 3.27. The Labute approximate surface area is 174 Å². The molecule has 1 aromatic heterocycles. The summed E-state index contributed by atoms with van der Waals surface area (Å²) in [6.07, 6.45) is 18.5. The summed E-state index contributed by atoms with van der Waals surface area (Å²) in [5.41, 5.74) is 2.94. The van der Waals surface area contributed by atoms with Gasteiger partial charge >= 0.3 is 5.97 Å². The van der Waals surface area contributed by atoms with Crippen molar-refractivity contribution in [3.05, 3.63) is 71.1 Å². The Bertz CT molecular complexity index is 778. The number of rotatable bonds is 11. The van der Waals surface area contributed by atoms with Crippen LogP contribution < -0.4 is 0 Å². The Morgan fingerprint density at radius 1 is 1.21 bits per heavy atom. The molecule has 0 saturated carbocycles. The molecule has 0 unspecified atom stereocenters. The number of aryl methyl sites for hydroxylation is 1. The molecular weight excluding hydrogens is 364 g/mol. The third kappa shape index (κ3) is 7.80. The minimum Gasteiger partial charge on any atom is -0.504 e. The zero-order valence-electron chi connectivity index (χ0n) is 18.1. The lowest BCUT2D eigenvalue weighted by molar-refractivity contribution is -0.133. The quantitative estimate of drug-likeness (QED) is 0.328. The van der Waals surface area contributed by atoms with E-state index in [1.54, 1.807) is 13.2 Å². The summed E-state index contributed by atoms with van der Waals surface area (Å²) in [5.74, 6) is 0.597. The summed E-state index contributed by atoms with van der Waals surface area (Å²) >= 11 is 0. The number of aliphatic hydroxyl groups excluding tert-OH is 1. The van der Waals surface area contributed by atoms with Crippen molar-refractivity contribution in [1.29, 1.82) is 0 Å². The fourth-order valence-electron chi connectivity index (χ4n) is 3.32. The first kappa shape index (κ1) is 22.8. The summed E-state index contributed by atoms with van der Waals surface area (Å²) in [4.78, 5) is 11.4. The highest BCUT2D eigenvalue weighted by molar-refractivity contribution is 5.93. The Morgan fingerprint density at radius 2 is 1.97 bits per heavy atom. The van der Waals surface area contributed by atoms with E-state index < -0.39 is 5.97 Å². The number of hydrogen-bond acceptors (Lipinski definition) is 4. The van der Waals surface area contributed by atoms with Crippen LogP contribution in [0.25, 0.3) is 0 Å². The van der Waals surface area contributed by atoms with Gasteiger partial charge in [-0.25, -0.2) is 4.79 Å². The fraction of sp³-hybridized carbons (Fsp3) is 0.480. The zero-order valence-corrected chi connectivity index (χ0v) is 18.1. The molecule has 4 nitrogen and oxygen atoms in total. The van der Waals surface area contributed by atoms with Crippen molar-refractivity contribution in [3.8, 4) is 0 Å². The van der Waals surface area contributed by atoms with Crippen molar-refractivity contribution in [3.63, 3.8) is 0 Å². The number of ether oxygens (including phenoxy) is 1. The summed E-state index contributed by atoms with van der Waals surface area (Å²) in [6, 6.07) is 2.03. The number of hydrogen-bond donors (Lipinski definition) is 1. The third-order valence-corrected chi connectivity index (χ3v) is 5.29. The fourth-order valence-corrected chi connectivity index (χ4v) is 3.32. The van der Waals surface area contributed by atoms with Crippen LogP contribution in [0.3, 0.4) is 0 Å². The Hall–Kier alpha value is -2.49. The summed E-state index contributed by atoms with van der Waals surface area (Å²) < 4.78 is 10.2. The van der Waals surface area contributed by atoms with Crippen LogP contribution in [-0.2, 0) is 16.0 Å². The van der Waals surface area contributed by atoms with Crippen LogP contribution in [0.5, 0.6) is 0 Å². The molecule has 158 valence electrons. The smallest absolute Gasteiger partial charge is 0.343 e. The molecule has 2 rings (SSSR count). The topological polar surface area (TPSA) is 59.7 Å². The normalized spacial score (nSPS) is 18.7. The first-order valence-corrected chi connectivity index (χ1v) is 10.6. The molecule has 1 aliphatic rings. The molecule has 1 aromatic rings. The van der Waals surface area contributed by atoms with Crippen LogP contribution in [0, 0.1) is 11.8 Å². The van der Waals surface area contributed by atoms with Gasteiger partial charge in [-0.3, -0.25) is 0 Å². The van der Waals surface area contributed by atoms with Gasteiger partial charge in [-0.1, -0.05) is 44.1 Å². The second-order valence-electron chi connectivity index (χ2n) is 8.16. The first-order valence-electron chi connectivity index (χ1n) is 10.6. The summed E-state index contributed by atoms with van der Waals surface area (Å²) in [5, 5.41) is 9.88. The summed E-state index contributed by atoms with van der Waals surface area (Å²) in [7, 11) is 0. The number of carbonyl (C=O) groups excluding carboxylic acids is 1. The number of carbonyl (C=O) groups is 1. The molecule has 2 atom stereocenters. The van der Waals surface area contributed by atoms with Crippen LogP contribution in [-0.4, -0.2) is 11.1 Å². The van der Waals surface area contributed by atoms with Gasteiger partial charge in [0, 0.05) is 0 Å². The van der Waals surface area contributed by atoms with Crippen molar-refractivity contribution in [1.82, 2.24) is 0 Å². The van der Waals surface area contributed by atoms with Gasteiger partial charge in [0.25, 0.3) is 0 Å². The molecule has 0 aromatic carbocycles. The lowest BCUT2D eigenvalue weighted by atomic mass is 9.97. The van der Waals surface area contributed by atoms with Crippen molar-refractivity contribution in [2.75, 3.05) is 0 Å². The number of allylic oxidation sites excluding steroid dienone is 5. The lowest BCUT2D eigenvalue weighted by Crippen LogP contribution is -1.98. The molecule has 4 heteroatoms. The predicted octanol–water partition coefficient (Wildman–Crippen LogP) is 6.82. The summed E-state index contributed by atoms with van der Waals surface area (Å²) in [6.45, 7) is 8.07.